The molecule has 2 rings (SSSR count). The first kappa shape index (κ1) is 11.9. The van der Waals surface area contributed by atoms with E-state index < -0.39 is 0 Å². The molecule has 0 amide bonds. The summed E-state index contributed by atoms with van der Waals surface area (Å²) in [5.41, 5.74) is 2.89. The second-order valence-electron chi connectivity index (χ2n) is 4.59. The molecular weight excluding hydrogens is 225 g/mol. The van der Waals surface area contributed by atoms with Crippen molar-refractivity contribution in [2.75, 3.05) is 6.54 Å². The highest BCUT2D eigenvalue weighted by molar-refractivity contribution is 6.30. The van der Waals surface area contributed by atoms with E-state index in [4.69, 9.17) is 11.6 Å². The number of nitrogens with one attached hydrogen (secondary N) is 1. The van der Waals surface area contributed by atoms with Gasteiger partial charge in [0.05, 0.1) is 5.02 Å². The third-order valence-corrected chi connectivity index (χ3v) is 3.75. The summed E-state index contributed by atoms with van der Waals surface area (Å²) in [6.07, 6.45) is 3.06. The summed E-state index contributed by atoms with van der Waals surface area (Å²) in [5.74, 6) is -0.238. The smallest absolute Gasteiger partial charge is 0.145 e. The first-order chi connectivity index (χ1) is 7.59. The lowest BCUT2D eigenvalue weighted by molar-refractivity contribution is 0.558. The lowest BCUT2D eigenvalue weighted by Crippen LogP contribution is -2.24. The molecule has 0 aromatic heterocycles. The molecule has 1 nitrogen and oxygen atoms in total. The summed E-state index contributed by atoms with van der Waals surface area (Å²) in [5, 5.41) is 3.64. The fourth-order valence-corrected chi connectivity index (χ4v) is 2.61. The maximum atomic E-state index is 13.9. The molecule has 1 aromatic carbocycles. The SMILES string of the molecule is Cc1cc(Cl)c(F)c(CC2CCCN2)c1C. The van der Waals surface area contributed by atoms with Crippen molar-refractivity contribution in [3.8, 4) is 0 Å². The molecule has 16 heavy (non-hydrogen) atoms. The molecule has 1 saturated heterocycles. The van der Waals surface area contributed by atoms with Crippen molar-refractivity contribution in [3.63, 3.8) is 0 Å². The molecule has 0 aliphatic carbocycles. The molecule has 1 unspecified atom stereocenters. The van der Waals surface area contributed by atoms with Crippen LogP contribution in [0.25, 0.3) is 0 Å². The summed E-state index contributed by atoms with van der Waals surface area (Å²) in [6.45, 7) is 5.00. The van der Waals surface area contributed by atoms with Crippen molar-refractivity contribution < 1.29 is 4.39 Å². The van der Waals surface area contributed by atoms with Crippen LogP contribution in [0.15, 0.2) is 6.07 Å². The minimum atomic E-state index is -0.238. The fourth-order valence-electron chi connectivity index (χ4n) is 2.33. The molecule has 1 fully saturated rings. The van der Waals surface area contributed by atoms with E-state index in [-0.39, 0.29) is 10.8 Å². The Morgan fingerprint density at radius 3 is 2.88 bits per heavy atom. The van der Waals surface area contributed by atoms with Crippen LogP contribution in [0.3, 0.4) is 0 Å². The Kier molecular flexibility index (Phi) is 3.50. The summed E-state index contributed by atoms with van der Waals surface area (Å²) in [4.78, 5) is 0. The van der Waals surface area contributed by atoms with E-state index in [0.29, 0.717) is 6.04 Å². The third-order valence-electron chi connectivity index (χ3n) is 3.47. The van der Waals surface area contributed by atoms with Crippen molar-refractivity contribution in [1.82, 2.24) is 5.32 Å². The Hall–Kier alpha value is -0.600. The van der Waals surface area contributed by atoms with Gasteiger partial charge >= 0.3 is 0 Å². The van der Waals surface area contributed by atoms with Gasteiger partial charge in [0.15, 0.2) is 0 Å². The number of rotatable bonds is 2. The lowest BCUT2D eigenvalue weighted by Gasteiger charge is -2.15. The minimum Gasteiger partial charge on any atom is -0.314 e. The van der Waals surface area contributed by atoms with Gasteiger partial charge in [-0.25, -0.2) is 4.39 Å². The second-order valence-corrected chi connectivity index (χ2v) is 5.00. The highest BCUT2D eigenvalue weighted by Gasteiger charge is 2.19. The van der Waals surface area contributed by atoms with Crippen molar-refractivity contribution in [2.45, 2.75) is 39.2 Å². The van der Waals surface area contributed by atoms with Gasteiger partial charge in [0.1, 0.15) is 5.82 Å². The molecule has 88 valence electrons. The Morgan fingerprint density at radius 2 is 2.25 bits per heavy atom. The molecule has 1 aliphatic heterocycles. The molecular formula is C13H17ClFN. The van der Waals surface area contributed by atoms with Gasteiger partial charge in [-0.15, -0.1) is 0 Å². The van der Waals surface area contributed by atoms with Crippen LogP contribution in [0, 0.1) is 19.7 Å². The molecule has 1 heterocycles. The average Bonchev–Trinajstić information content (AvgIpc) is 2.74. The average molecular weight is 242 g/mol. The van der Waals surface area contributed by atoms with E-state index in [1.54, 1.807) is 6.07 Å². The molecule has 1 aliphatic rings. The van der Waals surface area contributed by atoms with Crippen LogP contribution < -0.4 is 5.32 Å². The number of halogens is 2. The fraction of sp³-hybridized carbons (Fsp3) is 0.538. The summed E-state index contributed by atoms with van der Waals surface area (Å²) >= 11 is 5.88. The molecule has 0 spiro atoms. The molecule has 1 N–H and O–H groups in total. The van der Waals surface area contributed by atoms with Crippen molar-refractivity contribution in [1.29, 1.82) is 0 Å². The van der Waals surface area contributed by atoms with Crippen molar-refractivity contribution >= 4 is 11.6 Å². The van der Waals surface area contributed by atoms with E-state index >= 15 is 0 Å². The molecule has 1 aromatic rings. The number of benzene rings is 1. The van der Waals surface area contributed by atoms with Crippen molar-refractivity contribution in [2.24, 2.45) is 0 Å². The van der Waals surface area contributed by atoms with Crippen LogP contribution in [0.4, 0.5) is 4.39 Å². The maximum absolute atomic E-state index is 13.9. The lowest BCUT2D eigenvalue weighted by atomic mass is 9.96. The molecule has 0 saturated carbocycles. The number of aryl methyl sites for hydroxylation is 1. The van der Waals surface area contributed by atoms with Crippen LogP contribution in [0.2, 0.25) is 5.02 Å². The van der Waals surface area contributed by atoms with E-state index in [1.807, 2.05) is 13.8 Å². The van der Waals surface area contributed by atoms with Gasteiger partial charge in [0.25, 0.3) is 0 Å². The molecule has 3 heteroatoms. The van der Waals surface area contributed by atoms with Gasteiger partial charge in [0, 0.05) is 6.04 Å². The Morgan fingerprint density at radius 1 is 1.50 bits per heavy atom. The van der Waals surface area contributed by atoms with Crippen LogP contribution in [-0.2, 0) is 6.42 Å². The van der Waals surface area contributed by atoms with Gasteiger partial charge in [0.2, 0.25) is 0 Å². The standard InChI is InChI=1S/C13H17ClFN/c1-8-6-12(14)13(15)11(9(8)2)7-10-4-3-5-16-10/h6,10,16H,3-5,7H2,1-2H3. The van der Waals surface area contributed by atoms with Crippen LogP contribution in [0.1, 0.15) is 29.5 Å². The molecule has 0 radical (unpaired) electrons. The maximum Gasteiger partial charge on any atom is 0.145 e. The highest BCUT2D eigenvalue weighted by atomic mass is 35.5. The van der Waals surface area contributed by atoms with E-state index in [0.717, 1.165) is 36.1 Å². The molecule has 0 bridgehead atoms. The van der Waals surface area contributed by atoms with Crippen LogP contribution in [0.5, 0.6) is 0 Å². The first-order valence-corrected chi connectivity index (χ1v) is 6.15. The predicted octanol–water partition coefficient (Wildman–Crippen LogP) is 3.39. The zero-order valence-corrected chi connectivity index (χ0v) is 10.5. The Bertz CT molecular complexity index is 371. The zero-order valence-electron chi connectivity index (χ0n) is 9.74. The van der Waals surface area contributed by atoms with E-state index in [1.165, 1.54) is 6.42 Å². The van der Waals surface area contributed by atoms with E-state index in [2.05, 4.69) is 5.32 Å². The second kappa shape index (κ2) is 4.72. The van der Waals surface area contributed by atoms with Crippen molar-refractivity contribution in [3.05, 3.63) is 33.6 Å². The van der Waals surface area contributed by atoms with Gasteiger partial charge in [-0.05, 0) is 62.4 Å². The van der Waals surface area contributed by atoms with Gasteiger partial charge in [-0.1, -0.05) is 11.6 Å². The normalized spacial score (nSPS) is 20.4. The summed E-state index contributed by atoms with van der Waals surface area (Å²) in [6, 6.07) is 2.11. The Balaban J connectivity index is 2.31. The predicted molar refractivity (Wildman–Crippen MR) is 65.6 cm³/mol. The Labute approximate surface area is 101 Å². The third kappa shape index (κ3) is 2.23. The monoisotopic (exact) mass is 241 g/mol. The zero-order chi connectivity index (χ0) is 11.7. The number of hydrogen-bond acceptors (Lipinski definition) is 1. The van der Waals surface area contributed by atoms with E-state index in [9.17, 15) is 4.39 Å². The van der Waals surface area contributed by atoms with Crippen LogP contribution in [-0.4, -0.2) is 12.6 Å². The van der Waals surface area contributed by atoms with Gasteiger partial charge in [-0.3, -0.25) is 0 Å². The number of hydrogen-bond donors (Lipinski definition) is 1. The van der Waals surface area contributed by atoms with Gasteiger partial charge < -0.3 is 5.32 Å². The first-order valence-electron chi connectivity index (χ1n) is 5.77. The summed E-state index contributed by atoms with van der Waals surface area (Å²) < 4.78 is 13.9. The topological polar surface area (TPSA) is 12.0 Å². The van der Waals surface area contributed by atoms with Crippen LogP contribution >= 0.6 is 11.6 Å². The van der Waals surface area contributed by atoms with Gasteiger partial charge in [-0.2, -0.15) is 0 Å². The molecule has 1 atom stereocenters. The summed E-state index contributed by atoms with van der Waals surface area (Å²) in [7, 11) is 0. The largest absolute Gasteiger partial charge is 0.314 e. The quantitative estimate of drug-likeness (QED) is 0.837. The minimum absolute atomic E-state index is 0.238. The highest BCUT2D eigenvalue weighted by Crippen LogP contribution is 2.27.